The molecule has 0 aromatic carbocycles. The summed E-state index contributed by atoms with van der Waals surface area (Å²) in [6.45, 7) is 0. The average molecular weight is 151 g/mol. The molecule has 0 bridgehead atoms. The Bertz CT molecular complexity index is 324. The van der Waals surface area contributed by atoms with Gasteiger partial charge in [-0.2, -0.15) is 4.98 Å². The van der Waals surface area contributed by atoms with E-state index < -0.39 is 0 Å². The summed E-state index contributed by atoms with van der Waals surface area (Å²) in [4.78, 5) is 7.78. The standard InChI is InChI=1S/C6H3N2OS/c10-6-8-5-4(9-6)2-1-3-7-5/h1-3H. The van der Waals surface area contributed by atoms with Crippen LogP contribution in [-0.4, -0.2) is 9.97 Å². The molecule has 3 nitrogen and oxygen atoms in total. The van der Waals surface area contributed by atoms with Crippen LogP contribution in [0.1, 0.15) is 0 Å². The van der Waals surface area contributed by atoms with Gasteiger partial charge in [-0.1, -0.05) is 0 Å². The third-order valence-corrected chi connectivity index (χ3v) is 1.32. The highest BCUT2D eigenvalue weighted by Gasteiger charge is 2.00. The Kier molecular flexibility index (Phi) is 1.07. The first-order chi connectivity index (χ1) is 4.86. The first-order valence-corrected chi connectivity index (χ1v) is 3.15. The fraction of sp³-hybridized carbons (Fsp3) is 0. The number of hydrogen-bond donors (Lipinski definition) is 0. The number of rotatable bonds is 0. The highest BCUT2D eigenvalue weighted by Crippen LogP contribution is 2.13. The molecule has 0 fully saturated rings. The molecule has 0 N–H and O–H groups in total. The molecule has 0 aliphatic carbocycles. The van der Waals surface area contributed by atoms with Crippen molar-refractivity contribution in [1.82, 2.24) is 9.97 Å². The van der Waals surface area contributed by atoms with Crippen molar-refractivity contribution in [2.45, 2.75) is 5.22 Å². The maximum Gasteiger partial charge on any atom is 0.291 e. The van der Waals surface area contributed by atoms with Crippen molar-refractivity contribution in [2.75, 3.05) is 0 Å². The van der Waals surface area contributed by atoms with Gasteiger partial charge < -0.3 is 4.42 Å². The molecule has 2 aromatic heterocycles. The predicted molar refractivity (Wildman–Crippen MR) is 37.7 cm³/mol. The molecule has 4 heteroatoms. The fourth-order valence-corrected chi connectivity index (χ4v) is 0.925. The minimum absolute atomic E-state index is 0.244. The van der Waals surface area contributed by atoms with Crippen LogP contribution in [0.25, 0.3) is 11.2 Å². The first-order valence-electron chi connectivity index (χ1n) is 2.75. The molecule has 1 radical (unpaired) electrons. The lowest BCUT2D eigenvalue weighted by molar-refractivity contribution is 0.492. The molecule has 0 unspecified atom stereocenters. The maximum atomic E-state index is 5.01. The summed E-state index contributed by atoms with van der Waals surface area (Å²) < 4.78 is 5.01. The molecule has 0 aliphatic rings. The monoisotopic (exact) mass is 151 g/mol. The van der Waals surface area contributed by atoms with Crippen LogP contribution < -0.4 is 0 Å². The molecule has 49 valence electrons. The number of aromatic nitrogens is 2. The SMILES string of the molecule is [S]c1nc2ncccc2o1. The smallest absolute Gasteiger partial charge is 0.291 e. The molecule has 0 atom stereocenters. The quantitative estimate of drug-likeness (QED) is 0.576. The van der Waals surface area contributed by atoms with Crippen molar-refractivity contribution in [1.29, 1.82) is 0 Å². The van der Waals surface area contributed by atoms with Gasteiger partial charge in [0, 0.05) is 6.20 Å². The topological polar surface area (TPSA) is 38.9 Å². The van der Waals surface area contributed by atoms with Crippen LogP contribution in [0.5, 0.6) is 0 Å². The van der Waals surface area contributed by atoms with E-state index in [0.29, 0.717) is 11.2 Å². The van der Waals surface area contributed by atoms with Crippen molar-refractivity contribution in [3.63, 3.8) is 0 Å². The molecular weight excluding hydrogens is 148 g/mol. The molecule has 10 heavy (non-hydrogen) atoms. The summed E-state index contributed by atoms with van der Waals surface area (Å²) in [6.07, 6.45) is 1.65. The van der Waals surface area contributed by atoms with Crippen LogP contribution in [-0.2, 0) is 0 Å². The van der Waals surface area contributed by atoms with E-state index in [0.717, 1.165) is 0 Å². The average Bonchev–Trinajstić information content (AvgIpc) is 2.27. The molecule has 0 saturated carbocycles. The van der Waals surface area contributed by atoms with Gasteiger partial charge in [0.15, 0.2) is 11.2 Å². The molecule has 0 spiro atoms. The Morgan fingerprint density at radius 3 is 3.20 bits per heavy atom. The first kappa shape index (κ1) is 5.61. The van der Waals surface area contributed by atoms with Crippen LogP contribution in [0.15, 0.2) is 28.0 Å². The number of nitrogens with zero attached hydrogens (tertiary/aromatic N) is 2. The van der Waals surface area contributed by atoms with Gasteiger partial charge >= 0.3 is 0 Å². The molecule has 2 rings (SSSR count). The zero-order valence-electron chi connectivity index (χ0n) is 4.94. The minimum Gasteiger partial charge on any atom is -0.426 e. The highest BCUT2D eigenvalue weighted by atomic mass is 32.1. The zero-order valence-corrected chi connectivity index (χ0v) is 5.76. The van der Waals surface area contributed by atoms with Crippen molar-refractivity contribution < 1.29 is 4.42 Å². The second-order valence-corrected chi connectivity index (χ2v) is 2.15. The van der Waals surface area contributed by atoms with Crippen LogP contribution in [0, 0.1) is 0 Å². The molecular formula is C6H3N2OS. The number of fused-ring (bicyclic) bond motifs is 1. The summed E-state index contributed by atoms with van der Waals surface area (Å²) in [7, 11) is 0. The van der Waals surface area contributed by atoms with Crippen LogP contribution >= 0.6 is 12.6 Å². The van der Waals surface area contributed by atoms with Crippen LogP contribution in [0.2, 0.25) is 0 Å². The molecule has 0 aliphatic heterocycles. The van der Waals surface area contributed by atoms with Gasteiger partial charge in [0.2, 0.25) is 0 Å². The lowest BCUT2D eigenvalue weighted by Gasteiger charge is -1.78. The van der Waals surface area contributed by atoms with Gasteiger partial charge in [-0.05, 0) is 24.8 Å². The van der Waals surface area contributed by atoms with E-state index in [1.165, 1.54) is 0 Å². The largest absolute Gasteiger partial charge is 0.426 e. The lowest BCUT2D eigenvalue weighted by atomic mass is 10.5. The number of pyridine rings is 1. The Balaban J connectivity index is 2.88. The van der Waals surface area contributed by atoms with Gasteiger partial charge in [0.25, 0.3) is 5.22 Å². The molecule has 2 heterocycles. The van der Waals surface area contributed by atoms with Crippen molar-refractivity contribution in [3.05, 3.63) is 18.3 Å². The van der Waals surface area contributed by atoms with Crippen molar-refractivity contribution >= 4 is 23.9 Å². The Hall–Kier alpha value is -1.16. The van der Waals surface area contributed by atoms with Crippen molar-refractivity contribution in [2.24, 2.45) is 0 Å². The minimum atomic E-state index is 0.244. The van der Waals surface area contributed by atoms with E-state index in [1.54, 1.807) is 18.3 Å². The van der Waals surface area contributed by atoms with E-state index in [4.69, 9.17) is 17.0 Å². The third-order valence-electron chi connectivity index (χ3n) is 1.15. The number of hydrogen-bond acceptors (Lipinski definition) is 3. The van der Waals surface area contributed by atoms with Crippen molar-refractivity contribution in [3.8, 4) is 0 Å². The van der Waals surface area contributed by atoms with Crippen LogP contribution in [0.3, 0.4) is 0 Å². The molecule has 0 saturated heterocycles. The van der Waals surface area contributed by atoms with Gasteiger partial charge in [0.1, 0.15) is 0 Å². The van der Waals surface area contributed by atoms with E-state index in [2.05, 4.69) is 9.97 Å². The van der Waals surface area contributed by atoms with Gasteiger partial charge in [-0.25, -0.2) is 4.98 Å². The summed E-state index contributed by atoms with van der Waals surface area (Å²) >= 11 is 4.70. The predicted octanol–water partition coefficient (Wildman–Crippen LogP) is 1.78. The van der Waals surface area contributed by atoms with Gasteiger partial charge in [-0.15, -0.1) is 0 Å². The van der Waals surface area contributed by atoms with E-state index in [-0.39, 0.29) is 5.22 Å². The van der Waals surface area contributed by atoms with E-state index >= 15 is 0 Å². The fourth-order valence-electron chi connectivity index (χ4n) is 0.749. The second-order valence-electron chi connectivity index (χ2n) is 1.80. The maximum absolute atomic E-state index is 5.01. The van der Waals surface area contributed by atoms with Crippen LogP contribution in [0.4, 0.5) is 0 Å². The Labute approximate surface area is 62.5 Å². The third kappa shape index (κ3) is 0.733. The Morgan fingerprint density at radius 1 is 1.50 bits per heavy atom. The summed E-state index contributed by atoms with van der Waals surface area (Å²) in [6, 6.07) is 3.56. The second kappa shape index (κ2) is 1.91. The highest BCUT2D eigenvalue weighted by molar-refractivity contribution is 7.80. The lowest BCUT2D eigenvalue weighted by Crippen LogP contribution is -1.71. The molecule has 2 aromatic rings. The normalized spacial score (nSPS) is 10.4. The number of oxazole rings is 1. The Morgan fingerprint density at radius 2 is 2.40 bits per heavy atom. The van der Waals surface area contributed by atoms with E-state index in [1.807, 2.05) is 0 Å². The summed E-state index contributed by atoms with van der Waals surface area (Å²) in [5.74, 6) is 0. The molecule has 0 amide bonds. The van der Waals surface area contributed by atoms with E-state index in [9.17, 15) is 0 Å². The summed E-state index contributed by atoms with van der Waals surface area (Å²) in [5, 5.41) is 0.244. The zero-order chi connectivity index (χ0) is 6.97. The van der Waals surface area contributed by atoms with Gasteiger partial charge in [0.05, 0.1) is 0 Å². The summed E-state index contributed by atoms with van der Waals surface area (Å²) in [5.41, 5.74) is 1.22. The van der Waals surface area contributed by atoms with Gasteiger partial charge in [-0.3, -0.25) is 0 Å².